The Morgan fingerprint density at radius 1 is 1.12 bits per heavy atom. The van der Waals surface area contributed by atoms with Crippen LogP contribution >= 0.6 is 15.9 Å². The standard InChI is InChI=1S/C15H11BrN2O7/c1-2-24-14-6-9(8-19)5-11(16)15(14)25-13-4-3-10(17(20)21)7-12(13)18(22)23/h3-8H,2H2,1H3. The Morgan fingerprint density at radius 2 is 1.84 bits per heavy atom. The Hall–Kier alpha value is -3.01. The number of hydrogen-bond acceptors (Lipinski definition) is 7. The molecule has 0 radical (unpaired) electrons. The van der Waals surface area contributed by atoms with E-state index in [-0.39, 0.29) is 23.9 Å². The van der Waals surface area contributed by atoms with E-state index in [1.807, 2.05) is 0 Å². The first-order valence-electron chi connectivity index (χ1n) is 6.89. The van der Waals surface area contributed by atoms with Crippen LogP contribution in [0.25, 0.3) is 0 Å². The van der Waals surface area contributed by atoms with Crippen molar-refractivity contribution in [3.63, 3.8) is 0 Å². The van der Waals surface area contributed by atoms with E-state index in [0.717, 1.165) is 18.2 Å². The Labute approximate surface area is 149 Å². The zero-order chi connectivity index (χ0) is 18.6. The molecule has 0 saturated heterocycles. The molecule has 25 heavy (non-hydrogen) atoms. The minimum atomic E-state index is -0.781. The summed E-state index contributed by atoms with van der Waals surface area (Å²) in [6.07, 6.45) is 0.616. The highest BCUT2D eigenvalue weighted by atomic mass is 79.9. The summed E-state index contributed by atoms with van der Waals surface area (Å²) >= 11 is 3.22. The normalized spacial score (nSPS) is 10.2. The fraction of sp³-hybridized carbons (Fsp3) is 0.133. The number of nitro benzene ring substituents is 2. The molecule has 9 nitrogen and oxygen atoms in total. The zero-order valence-corrected chi connectivity index (χ0v) is 14.4. The maximum atomic E-state index is 11.2. The van der Waals surface area contributed by atoms with Crippen LogP contribution in [-0.4, -0.2) is 22.7 Å². The van der Waals surface area contributed by atoms with E-state index in [9.17, 15) is 25.0 Å². The molecule has 0 N–H and O–H groups in total. The fourth-order valence-electron chi connectivity index (χ4n) is 1.98. The van der Waals surface area contributed by atoms with E-state index in [1.54, 1.807) is 6.92 Å². The molecular formula is C15H11BrN2O7. The number of aldehydes is 1. The number of rotatable bonds is 7. The molecule has 0 aromatic heterocycles. The van der Waals surface area contributed by atoms with Gasteiger partial charge in [-0.1, -0.05) is 0 Å². The summed E-state index contributed by atoms with van der Waals surface area (Å²) in [5.74, 6) is 0.118. The largest absolute Gasteiger partial charge is 0.490 e. The number of non-ortho nitro benzene ring substituents is 1. The van der Waals surface area contributed by atoms with E-state index in [0.29, 0.717) is 16.3 Å². The Morgan fingerprint density at radius 3 is 2.40 bits per heavy atom. The van der Waals surface area contributed by atoms with Crippen LogP contribution in [0.2, 0.25) is 0 Å². The van der Waals surface area contributed by atoms with Gasteiger partial charge in [-0.05, 0) is 41.1 Å². The molecule has 0 amide bonds. The van der Waals surface area contributed by atoms with Crippen LogP contribution in [0.1, 0.15) is 17.3 Å². The number of nitrogens with zero attached hydrogens (tertiary/aromatic N) is 2. The smallest absolute Gasteiger partial charge is 0.318 e. The summed E-state index contributed by atoms with van der Waals surface area (Å²) in [7, 11) is 0. The molecule has 2 aromatic rings. The Bertz CT molecular complexity index is 854. The van der Waals surface area contributed by atoms with Crippen LogP contribution in [0, 0.1) is 20.2 Å². The summed E-state index contributed by atoms with van der Waals surface area (Å²) in [5, 5.41) is 22.0. The number of benzene rings is 2. The van der Waals surface area contributed by atoms with Crippen molar-refractivity contribution in [2.45, 2.75) is 6.92 Å². The van der Waals surface area contributed by atoms with Gasteiger partial charge in [-0.3, -0.25) is 25.0 Å². The van der Waals surface area contributed by atoms with E-state index < -0.39 is 21.2 Å². The Balaban J connectivity index is 2.54. The van der Waals surface area contributed by atoms with Crippen molar-refractivity contribution in [2.24, 2.45) is 0 Å². The number of carbonyl (C=O) groups is 1. The van der Waals surface area contributed by atoms with Crippen molar-refractivity contribution in [3.05, 3.63) is 60.6 Å². The lowest BCUT2D eigenvalue weighted by atomic mass is 10.2. The van der Waals surface area contributed by atoms with Crippen LogP contribution in [0.3, 0.4) is 0 Å². The first-order chi connectivity index (χ1) is 11.9. The van der Waals surface area contributed by atoms with Gasteiger partial charge >= 0.3 is 5.69 Å². The van der Waals surface area contributed by atoms with Gasteiger partial charge in [0.15, 0.2) is 11.5 Å². The topological polar surface area (TPSA) is 122 Å². The van der Waals surface area contributed by atoms with Gasteiger partial charge in [0.2, 0.25) is 5.75 Å². The number of nitro groups is 2. The highest BCUT2D eigenvalue weighted by molar-refractivity contribution is 9.10. The minimum Gasteiger partial charge on any atom is -0.490 e. The van der Waals surface area contributed by atoms with E-state index >= 15 is 0 Å². The second kappa shape index (κ2) is 7.71. The highest BCUT2D eigenvalue weighted by Crippen LogP contribution is 2.42. The summed E-state index contributed by atoms with van der Waals surface area (Å²) in [6.45, 7) is 1.99. The van der Waals surface area contributed by atoms with Crippen molar-refractivity contribution < 1.29 is 24.1 Å². The van der Waals surface area contributed by atoms with Crippen molar-refractivity contribution in [3.8, 4) is 17.2 Å². The third-order valence-electron chi connectivity index (χ3n) is 3.03. The van der Waals surface area contributed by atoms with Crippen LogP contribution in [0.15, 0.2) is 34.8 Å². The van der Waals surface area contributed by atoms with E-state index in [4.69, 9.17) is 9.47 Å². The summed E-state index contributed by atoms with van der Waals surface area (Å²) in [4.78, 5) is 31.4. The number of ether oxygens (including phenoxy) is 2. The first kappa shape index (κ1) is 18.3. The van der Waals surface area contributed by atoms with Crippen LogP contribution in [0.4, 0.5) is 11.4 Å². The molecule has 0 bridgehead atoms. The molecule has 0 spiro atoms. The molecule has 10 heteroatoms. The van der Waals surface area contributed by atoms with Gasteiger partial charge in [0, 0.05) is 11.6 Å². The monoisotopic (exact) mass is 410 g/mol. The van der Waals surface area contributed by atoms with Gasteiger partial charge in [-0.2, -0.15) is 0 Å². The number of halogens is 1. The van der Waals surface area contributed by atoms with Gasteiger partial charge in [0.05, 0.1) is 27.0 Å². The molecule has 130 valence electrons. The average Bonchev–Trinajstić information content (AvgIpc) is 2.57. The maximum Gasteiger partial charge on any atom is 0.318 e. The molecular weight excluding hydrogens is 400 g/mol. The van der Waals surface area contributed by atoms with Crippen LogP contribution < -0.4 is 9.47 Å². The van der Waals surface area contributed by atoms with Gasteiger partial charge in [0.25, 0.3) is 5.69 Å². The third-order valence-corrected chi connectivity index (χ3v) is 3.62. The molecule has 0 unspecified atom stereocenters. The molecule has 0 aliphatic rings. The molecule has 0 atom stereocenters. The minimum absolute atomic E-state index is 0.115. The summed E-state index contributed by atoms with van der Waals surface area (Å²) < 4.78 is 11.3. The predicted octanol–water partition coefficient (Wildman–Crippen LogP) is 4.27. The summed E-state index contributed by atoms with van der Waals surface area (Å²) in [5.41, 5.74) is -0.677. The number of carbonyl (C=O) groups excluding carboxylic acids is 1. The van der Waals surface area contributed by atoms with E-state index in [2.05, 4.69) is 15.9 Å². The SMILES string of the molecule is CCOc1cc(C=O)cc(Br)c1Oc1ccc([N+](=O)[O-])cc1[N+](=O)[O-]. The lowest BCUT2D eigenvalue weighted by Gasteiger charge is -2.14. The highest BCUT2D eigenvalue weighted by Gasteiger charge is 2.23. The third kappa shape index (κ3) is 4.10. The first-order valence-corrected chi connectivity index (χ1v) is 7.68. The quantitative estimate of drug-likeness (QED) is 0.379. The second-order valence-electron chi connectivity index (χ2n) is 4.65. The Kier molecular flexibility index (Phi) is 5.65. The molecule has 0 aliphatic carbocycles. The number of hydrogen-bond donors (Lipinski definition) is 0. The lowest BCUT2D eigenvalue weighted by molar-refractivity contribution is -0.394. The maximum absolute atomic E-state index is 11.2. The average molecular weight is 411 g/mol. The predicted molar refractivity (Wildman–Crippen MR) is 90.5 cm³/mol. The van der Waals surface area contributed by atoms with Crippen molar-refractivity contribution in [1.82, 2.24) is 0 Å². The molecule has 0 saturated carbocycles. The van der Waals surface area contributed by atoms with Crippen molar-refractivity contribution in [1.29, 1.82) is 0 Å². The van der Waals surface area contributed by atoms with Gasteiger partial charge in [-0.25, -0.2) is 0 Å². The molecule has 0 heterocycles. The van der Waals surface area contributed by atoms with E-state index in [1.165, 1.54) is 12.1 Å². The fourth-order valence-corrected chi connectivity index (χ4v) is 2.52. The van der Waals surface area contributed by atoms with Crippen LogP contribution in [0.5, 0.6) is 17.2 Å². The summed E-state index contributed by atoms with van der Waals surface area (Å²) in [6, 6.07) is 5.92. The van der Waals surface area contributed by atoms with Crippen molar-refractivity contribution in [2.75, 3.05) is 6.61 Å². The van der Waals surface area contributed by atoms with Gasteiger partial charge in [0.1, 0.15) is 6.29 Å². The lowest BCUT2D eigenvalue weighted by Crippen LogP contribution is -2.00. The molecule has 2 aromatic carbocycles. The molecule has 0 fully saturated rings. The van der Waals surface area contributed by atoms with Gasteiger partial charge < -0.3 is 9.47 Å². The van der Waals surface area contributed by atoms with Crippen molar-refractivity contribution >= 4 is 33.6 Å². The van der Waals surface area contributed by atoms with Crippen LogP contribution in [-0.2, 0) is 0 Å². The van der Waals surface area contributed by atoms with Gasteiger partial charge in [-0.15, -0.1) is 0 Å². The molecule has 2 rings (SSSR count). The second-order valence-corrected chi connectivity index (χ2v) is 5.50. The zero-order valence-electron chi connectivity index (χ0n) is 12.8. The molecule has 0 aliphatic heterocycles.